The lowest BCUT2D eigenvalue weighted by Crippen LogP contribution is -2.52. The molecule has 1 aliphatic heterocycles. The van der Waals surface area contributed by atoms with E-state index in [1.54, 1.807) is 0 Å². The Bertz CT molecular complexity index is 375. The van der Waals surface area contributed by atoms with Crippen molar-refractivity contribution in [3.8, 4) is 0 Å². The standard InChI is InChI=1S/C18H31NO2/c1-2-9-18(17(20)21)10-4-11-19(13-18)16-6-3-5-15(12-16)14-7-8-14/h14-16H,2-13H2,1H3,(H,20,21). The summed E-state index contributed by atoms with van der Waals surface area (Å²) >= 11 is 0. The highest BCUT2D eigenvalue weighted by atomic mass is 16.4. The molecule has 0 aromatic heterocycles. The zero-order valence-corrected chi connectivity index (χ0v) is 13.5. The largest absolute Gasteiger partial charge is 0.481 e. The van der Waals surface area contributed by atoms with E-state index in [-0.39, 0.29) is 0 Å². The summed E-state index contributed by atoms with van der Waals surface area (Å²) in [4.78, 5) is 14.4. The van der Waals surface area contributed by atoms with E-state index in [1.165, 1.54) is 38.5 Å². The summed E-state index contributed by atoms with van der Waals surface area (Å²) in [5, 5.41) is 9.76. The predicted molar refractivity (Wildman–Crippen MR) is 84.3 cm³/mol. The molecular weight excluding hydrogens is 262 g/mol. The van der Waals surface area contributed by atoms with Gasteiger partial charge in [0.1, 0.15) is 0 Å². The van der Waals surface area contributed by atoms with Crippen molar-refractivity contribution >= 4 is 5.97 Å². The van der Waals surface area contributed by atoms with E-state index < -0.39 is 11.4 Å². The number of aliphatic carboxylic acids is 1. The maximum absolute atomic E-state index is 11.9. The molecule has 0 radical (unpaired) electrons. The Morgan fingerprint density at radius 3 is 2.67 bits per heavy atom. The molecule has 1 N–H and O–H groups in total. The normalized spacial score (nSPS) is 38.3. The highest BCUT2D eigenvalue weighted by Crippen LogP contribution is 2.46. The summed E-state index contributed by atoms with van der Waals surface area (Å²) in [5.41, 5.74) is -0.459. The van der Waals surface area contributed by atoms with Crippen molar-refractivity contribution in [3.63, 3.8) is 0 Å². The molecule has 2 aliphatic carbocycles. The highest BCUT2D eigenvalue weighted by Gasteiger charge is 2.44. The maximum atomic E-state index is 11.9. The molecule has 0 spiro atoms. The first-order chi connectivity index (χ1) is 10.1. The summed E-state index contributed by atoms with van der Waals surface area (Å²) in [6, 6.07) is 0.667. The van der Waals surface area contributed by atoms with Crippen LogP contribution in [0.25, 0.3) is 0 Å². The van der Waals surface area contributed by atoms with Crippen LogP contribution in [0.2, 0.25) is 0 Å². The van der Waals surface area contributed by atoms with Gasteiger partial charge in [0.15, 0.2) is 0 Å². The highest BCUT2D eigenvalue weighted by molar-refractivity contribution is 5.75. The number of likely N-dealkylation sites (tertiary alicyclic amines) is 1. The second kappa shape index (κ2) is 6.28. The molecule has 2 saturated carbocycles. The minimum Gasteiger partial charge on any atom is -0.481 e. The van der Waals surface area contributed by atoms with E-state index in [2.05, 4.69) is 11.8 Å². The van der Waals surface area contributed by atoms with Crippen LogP contribution in [-0.4, -0.2) is 35.1 Å². The molecule has 3 aliphatic rings. The molecular formula is C18H31NO2. The molecule has 3 fully saturated rings. The van der Waals surface area contributed by atoms with Crippen LogP contribution in [0.4, 0.5) is 0 Å². The zero-order valence-electron chi connectivity index (χ0n) is 13.5. The van der Waals surface area contributed by atoms with Crippen molar-refractivity contribution in [1.82, 2.24) is 4.90 Å². The number of hydrogen-bond donors (Lipinski definition) is 1. The Morgan fingerprint density at radius 1 is 1.19 bits per heavy atom. The van der Waals surface area contributed by atoms with Crippen LogP contribution in [0, 0.1) is 17.3 Å². The van der Waals surface area contributed by atoms with Gasteiger partial charge in [-0.2, -0.15) is 0 Å². The van der Waals surface area contributed by atoms with Crippen LogP contribution in [0.15, 0.2) is 0 Å². The van der Waals surface area contributed by atoms with Crippen molar-refractivity contribution in [2.24, 2.45) is 17.3 Å². The third-order valence-electron chi connectivity index (χ3n) is 6.28. The summed E-state index contributed by atoms with van der Waals surface area (Å²) in [5.74, 6) is 1.40. The Labute approximate surface area is 129 Å². The fourth-order valence-corrected chi connectivity index (χ4v) is 4.97. The molecule has 21 heavy (non-hydrogen) atoms. The molecule has 1 saturated heterocycles. The molecule has 0 aromatic rings. The van der Waals surface area contributed by atoms with Crippen LogP contribution in [-0.2, 0) is 4.79 Å². The second-order valence-corrected chi connectivity index (χ2v) is 7.83. The summed E-state index contributed by atoms with van der Waals surface area (Å²) < 4.78 is 0. The van der Waals surface area contributed by atoms with Crippen LogP contribution in [0.1, 0.15) is 71.1 Å². The van der Waals surface area contributed by atoms with E-state index >= 15 is 0 Å². The number of hydrogen-bond acceptors (Lipinski definition) is 2. The number of carbonyl (C=O) groups is 1. The van der Waals surface area contributed by atoms with Gasteiger partial charge in [-0.05, 0) is 63.3 Å². The van der Waals surface area contributed by atoms with Crippen LogP contribution >= 0.6 is 0 Å². The van der Waals surface area contributed by atoms with E-state index in [4.69, 9.17) is 0 Å². The van der Waals surface area contributed by atoms with Crippen molar-refractivity contribution in [1.29, 1.82) is 0 Å². The molecule has 0 amide bonds. The second-order valence-electron chi connectivity index (χ2n) is 7.83. The number of nitrogens with zero attached hydrogens (tertiary/aromatic N) is 1. The topological polar surface area (TPSA) is 40.5 Å². The zero-order chi connectivity index (χ0) is 14.9. The Balaban J connectivity index is 1.65. The smallest absolute Gasteiger partial charge is 0.310 e. The quantitative estimate of drug-likeness (QED) is 0.835. The lowest BCUT2D eigenvalue weighted by molar-refractivity contribution is -0.154. The predicted octanol–water partition coefficient (Wildman–Crippen LogP) is 3.92. The monoisotopic (exact) mass is 293 g/mol. The number of rotatable bonds is 5. The molecule has 3 heteroatoms. The SMILES string of the molecule is CCCC1(C(=O)O)CCCN(C2CCCC(C3CC3)C2)C1. The molecule has 0 aromatic carbocycles. The van der Waals surface area contributed by atoms with Crippen molar-refractivity contribution in [2.45, 2.75) is 77.2 Å². The summed E-state index contributed by atoms with van der Waals surface area (Å²) in [6.07, 6.45) is 12.1. The number of piperidine rings is 1. The maximum Gasteiger partial charge on any atom is 0.310 e. The summed E-state index contributed by atoms with van der Waals surface area (Å²) in [7, 11) is 0. The first kappa shape index (κ1) is 15.3. The molecule has 3 atom stereocenters. The first-order valence-corrected chi connectivity index (χ1v) is 9.12. The minimum absolute atomic E-state index is 0.459. The number of carboxylic acids is 1. The van der Waals surface area contributed by atoms with Crippen LogP contribution in [0.3, 0.4) is 0 Å². The minimum atomic E-state index is -0.552. The van der Waals surface area contributed by atoms with Gasteiger partial charge >= 0.3 is 5.97 Å². The molecule has 0 bridgehead atoms. The third kappa shape index (κ3) is 3.28. The molecule has 120 valence electrons. The van der Waals surface area contributed by atoms with Gasteiger partial charge in [0.05, 0.1) is 5.41 Å². The van der Waals surface area contributed by atoms with Gasteiger partial charge in [-0.25, -0.2) is 0 Å². The average molecular weight is 293 g/mol. The van der Waals surface area contributed by atoms with Gasteiger partial charge in [0.2, 0.25) is 0 Å². The average Bonchev–Trinajstić information content (AvgIpc) is 3.32. The van der Waals surface area contributed by atoms with E-state index in [0.29, 0.717) is 6.04 Å². The Kier molecular flexibility index (Phi) is 4.58. The van der Waals surface area contributed by atoms with Gasteiger partial charge in [-0.15, -0.1) is 0 Å². The lowest BCUT2D eigenvalue weighted by atomic mass is 9.74. The van der Waals surface area contributed by atoms with Gasteiger partial charge in [-0.1, -0.05) is 26.2 Å². The first-order valence-electron chi connectivity index (χ1n) is 9.12. The third-order valence-corrected chi connectivity index (χ3v) is 6.28. The van der Waals surface area contributed by atoms with Gasteiger partial charge in [-0.3, -0.25) is 9.69 Å². The van der Waals surface area contributed by atoms with Gasteiger partial charge in [0.25, 0.3) is 0 Å². The van der Waals surface area contributed by atoms with Gasteiger partial charge in [0, 0.05) is 12.6 Å². The van der Waals surface area contributed by atoms with Crippen molar-refractivity contribution < 1.29 is 9.90 Å². The van der Waals surface area contributed by atoms with E-state index in [1.807, 2.05) is 0 Å². The molecule has 3 unspecified atom stereocenters. The molecule has 1 heterocycles. The Hall–Kier alpha value is -0.570. The molecule has 3 rings (SSSR count). The van der Waals surface area contributed by atoms with Crippen LogP contribution in [0.5, 0.6) is 0 Å². The van der Waals surface area contributed by atoms with Crippen molar-refractivity contribution in [2.75, 3.05) is 13.1 Å². The fourth-order valence-electron chi connectivity index (χ4n) is 4.97. The molecule has 3 nitrogen and oxygen atoms in total. The summed E-state index contributed by atoms with van der Waals surface area (Å²) in [6.45, 7) is 4.05. The van der Waals surface area contributed by atoms with Crippen LogP contribution < -0.4 is 0 Å². The lowest BCUT2D eigenvalue weighted by Gasteiger charge is -2.45. The fraction of sp³-hybridized carbons (Fsp3) is 0.944. The Morgan fingerprint density at radius 2 is 2.00 bits per heavy atom. The van der Waals surface area contributed by atoms with Crippen molar-refractivity contribution in [3.05, 3.63) is 0 Å². The number of carboxylic acid groups (broad SMARTS) is 1. The van der Waals surface area contributed by atoms with Gasteiger partial charge < -0.3 is 5.11 Å². The van der Waals surface area contributed by atoms with E-state index in [0.717, 1.165) is 50.6 Å². The van der Waals surface area contributed by atoms with E-state index in [9.17, 15) is 9.90 Å².